The van der Waals surface area contributed by atoms with E-state index in [0.717, 1.165) is 24.2 Å². The smallest absolute Gasteiger partial charge is 0.304 e. The van der Waals surface area contributed by atoms with Crippen LogP contribution in [0.25, 0.3) is 0 Å². The molecule has 0 N–H and O–H groups in total. The van der Waals surface area contributed by atoms with Crippen LogP contribution in [-0.4, -0.2) is 27.9 Å². The molecule has 0 unspecified atom stereocenters. The first kappa shape index (κ1) is 13.9. The Bertz CT molecular complexity index is 639. The number of rotatable bonds is 2. The third-order valence-electron chi connectivity index (χ3n) is 4.35. The molecule has 3 rings (SSSR count). The normalized spacial score (nSPS) is 18.3. The summed E-state index contributed by atoms with van der Waals surface area (Å²) in [5.41, 5.74) is 5.79. The van der Waals surface area contributed by atoms with Gasteiger partial charge in [0.1, 0.15) is 0 Å². The molecule has 2 heterocycles. The molecule has 2 amide bonds. The molecule has 1 aliphatic heterocycles. The van der Waals surface area contributed by atoms with Crippen LogP contribution in [0.4, 0.5) is 4.79 Å². The zero-order valence-corrected chi connectivity index (χ0v) is 12.9. The fourth-order valence-electron chi connectivity index (χ4n) is 2.63. The van der Waals surface area contributed by atoms with Crippen molar-refractivity contribution in [2.24, 2.45) is 0 Å². The summed E-state index contributed by atoms with van der Waals surface area (Å²) in [5, 5.41) is 0. The predicted octanol–water partition coefficient (Wildman–Crippen LogP) is 3.52. The van der Waals surface area contributed by atoms with E-state index in [1.807, 2.05) is 17.3 Å². The maximum atomic E-state index is 12.5. The number of allylic oxidation sites excluding steroid dienone is 2. The number of amides is 2. The molecule has 1 saturated carbocycles. The molecule has 1 aromatic rings. The lowest BCUT2D eigenvalue weighted by molar-refractivity contribution is 0.183. The number of urea groups is 1. The Balaban J connectivity index is 1.92. The van der Waals surface area contributed by atoms with E-state index in [4.69, 9.17) is 0 Å². The molecule has 0 atom stereocenters. The fourth-order valence-corrected chi connectivity index (χ4v) is 2.63. The van der Waals surface area contributed by atoms with Gasteiger partial charge in [0.15, 0.2) is 0 Å². The molecule has 1 aromatic heterocycles. The summed E-state index contributed by atoms with van der Waals surface area (Å²) in [5.74, 6) is 0. The van der Waals surface area contributed by atoms with E-state index >= 15 is 0 Å². The van der Waals surface area contributed by atoms with Crippen molar-refractivity contribution in [2.75, 3.05) is 7.05 Å². The molecule has 110 valence electrons. The van der Waals surface area contributed by atoms with Gasteiger partial charge >= 0.3 is 6.03 Å². The van der Waals surface area contributed by atoms with Gasteiger partial charge in [-0.25, -0.2) is 4.79 Å². The molecular formula is C17H21N3O. The highest BCUT2D eigenvalue weighted by Gasteiger charge is 2.28. The second kappa shape index (κ2) is 5.35. The summed E-state index contributed by atoms with van der Waals surface area (Å²) < 4.78 is 0. The van der Waals surface area contributed by atoms with Crippen molar-refractivity contribution < 1.29 is 4.79 Å². The minimum Gasteiger partial charge on any atom is -0.304 e. The van der Waals surface area contributed by atoms with E-state index in [-0.39, 0.29) is 6.03 Å². The predicted molar refractivity (Wildman–Crippen MR) is 82.4 cm³/mol. The molecule has 0 aromatic carbocycles. The minimum atomic E-state index is 0.0203. The molecule has 4 heteroatoms. The van der Waals surface area contributed by atoms with Gasteiger partial charge in [-0.15, -0.1) is 0 Å². The third kappa shape index (κ3) is 2.58. The first-order valence-corrected chi connectivity index (χ1v) is 7.43. The van der Waals surface area contributed by atoms with Crippen molar-refractivity contribution >= 4 is 6.03 Å². The van der Waals surface area contributed by atoms with E-state index in [1.165, 1.54) is 23.1 Å². The molecular weight excluding hydrogens is 262 g/mol. The number of hydrogen-bond acceptors (Lipinski definition) is 2. The summed E-state index contributed by atoms with van der Waals surface area (Å²) in [6.07, 6.45) is 9.23. The van der Waals surface area contributed by atoms with Crippen LogP contribution >= 0.6 is 0 Å². The monoisotopic (exact) mass is 283 g/mol. The van der Waals surface area contributed by atoms with Crippen molar-refractivity contribution in [3.63, 3.8) is 0 Å². The van der Waals surface area contributed by atoms with Crippen molar-refractivity contribution in [2.45, 2.75) is 39.7 Å². The maximum absolute atomic E-state index is 12.5. The van der Waals surface area contributed by atoms with Crippen LogP contribution in [0.1, 0.15) is 36.1 Å². The molecule has 21 heavy (non-hydrogen) atoms. The number of pyridine rings is 1. The van der Waals surface area contributed by atoms with Crippen LogP contribution in [0.2, 0.25) is 0 Å². The Kier molecular flexibility index (Phi) is 3.53. The van der Waals surface area contributed by atoms with E-state index in [0.29, 0.717) is 6.54 Å². The number of carbonyl (C=O) groups is 1. The molecule has 1 fully saturated rings. The van der Waals surface area contributed by atoms with Crippen molar-refractivity contribution in [3.05, 3.63) is 52.6 Å². The second-order valence-corrected chi connectivity index (χ2v) is 5.90. The van der Waals surface area contributed by atoms with Gasteiger partial charge in [-0.05, 0) is 62.0 Å². The van der Waals surface area contributed by atoms with E-state index < -0.39 is 0 Å². The maximum Gasteiger partial charge on any atom is 0.328 e. The van der Waals surface area contributed by atoms with Gasteiger partial charge in [0.05, 0.1) is 12.2 Å². The molecule has 4 nitrogen and oxygen atoms in total. The van der Waals surface area contributed by atoms with Gasteiger partial charge in [0.2, 0.25) is 0 Å². The highest BCUT2D eigenvalue weighted by Crippen LogP contribution is 2.33. The molecule has 1 aliphatic carbocycles. The van der Waals surface area contributed by atoms with Crippen LogP contribution in [0, 0.1) is 13.8 Å². The lowest BCUT2D eigenvalue weighted by Crippen LogP contribution is -2.41. The molecule has 0 saturated heterocycles. The second-order valence-electron chi connectivity index (χ2n) is 5.90. The number of aromatic nitrogens is 1. The van der Waals surface area contributed by atoms with Crippen LogP contribution in [0.15, 0.2) is 35.8 Å². The standard InChI is InChI=1S/C17H21N3O/c1-12-9-15(18-10-13(12)2)11-20-16(14-5-4-6-14)7-8-19(3)17(20)21/h7-10H,4-6,11H2,1-3H3. The zero-order valence-electron chi connectivity index (χ0n) is 12.9. The number of carbonyl (C=O) groups excluding carboxylic acids is 1. The molecule has 0 spiro atoms. The van der Waals surface area contributed by atoms with Crippen LogP contribution in [0.5, 0.6) is 0 Å². The summed E-state index contributed by atoms with van der Waals surface area (Å²) >= 11 is 0. The van der Waals surface area contributed by atoms with Gasteiger partial charge < -0.3 is 4.90 Å². The van der Waals surface area contributed by atoms with Crippen LogP contribution in [0.3, 0.4) is 0 Å². The summed E-state index contributed by atoms with van der Waals surface area (Å²) in [4.78, 5) is 20.4. The Hall–Kier alpha value is -2.10. The highest BCUT2D eigenvalue weighted by molar-refractivity contribution is 5.79. The summed E-state index contributed by atoms with van der Waals surface area (Å²) in [6, 6.07) is 2.09. The van der Waals surface area contributed by atoms with Gasteiger partial charge in [-0.2, -0.15) is 0 Å². The average molecular weight is 283 g/mol. The SMILES string of the molecule is Cc1cnc(CN2C(=O)N(C)C=CC2=C2CCC2)cc1C. The quantitative estimate of drug-likeness (QED) is 0.832. The van der Waals surface area contributed by atoms with Gasteiger partial charge in [-0.3, -0.25) is 9.88 Å². The number of hydrogen-bond donors (Lipinski definition) is 0. The molecule has 0 radical (unpaired) electrons. The molecule has 0 bridgehead atoms. The summed E-state index contributed by atoms with van der Waals surface area (Å²) in [6.45, 7) is 4.67. The van der Waals surface area contributed by atoms with E-state index in [1.54, 1.807) is 11.9 Å². The van der Waals surface area contributed by atoms with Crippen molar-refractivity contribution in [3.8, 4) is 0 Å². The Morgan fingerprint density at radius 3 is 2.62 bits per heavy atom. The lowest BCUT2D eigenvalue weighted by Gasteiger charge is -2.34. The topological polar surface area (TPSA) is 36.4 Å². The van der Waals surface area contributed by atoms with Gasteiger partial charge in [-0.1, -0.05) is 0 Å². The zero-order chi connectivity index (χ0) is 15.0. The number of aryl methyl sites for hydroxylation is 2. The van der Waals surface area contributed by atoms with Gasteiger partial charge in [0.25, 0.3) is 0 Å². The van der Waals surface area contributed by atoms with Crippen LogP contribution < -0.4 is 0 Å². The van der Waals surface area contributed by atoms with Crippen molar-refractivity contribution in [1.29, 1.82) is 0 Å². The minimum absolute atomic E-state index is 0.0203. The van der Waals surface area contributed by atoms with Crippen molar-refractivity contribution in [1.82, 2.24) is 14.8 Å². The lowest BCUT2D eigenvalue weighted by atomic mass is 9.89. The van der Waals surface area contributed by atoms with E-state index in [2.05, 4.69) is 31.0 Å². The Morgan fingerprint density at radius 1 is 1.24 bits per heavy atom. The van der Waals surface area contributed by atoms with E-state index in [9.17, 15) is 4.79 Å². The van der Waals surface area contributed by atoms with Crippen LogP contribution in [-0.2, 0) is 6.54 Å². The Labute approximate surface area is 125 Å². The first-order chi connectivity index (χ1) is 10.1. The summed E-state index contributed by atoms with van der Waals surface area (Å²) in [7, 11) is 1.79. The third-order valence-corrected chi connectivity index (χ3v) is 4.35. The van der Waals surface area contributed by atoms with Gasteiger partial charge in [0, 0.05) is 25.1 Å². The largest absolute Gasteiger partial charge is 0.328 e. The average Bonchev–Trinajstić information content (AvgIpc) is 2.40. The molecule has 2 aliphatic rings. The first-order valence-electron chi connectivity index (χ1n) is 7.43. The fraction of sp³-hybridized carbons (Fsp3) is 0.412. The highest BCUT2D eigenvalue weighted by atomic mass is 16.2. The Morgan fingerprint density at radius 2 is 2.00 bits per heavy atom. The number of nitrogens with zero attached hydrogens (tertiary/aromatic N) is 3.